The monoisotopic (exact) mass is 377 g/mol. The molecule has 0 amide bonds. The highest BCUT2D eigenvalue weighted by molar-refractivity contribution is 7.09. The zero-order valence-corrected chi connectivity index (χ0v) is 17.8. The lowest BCUT2D eigenvalue weighted by Crippen LogP contribution is -2.37. The molecule has 144 valence electrons. The van der Waals surface area contributed by atoms with E-state index in [-0.39, 0.29) is 10.8 Å². The maximum atomic E-state index is 5.79. The number of hydrogen-bond acceptors (Lipinski definition) is 5. The van der Waals surface area contributed by atoms with Crippen LogP contribution >= 0.6 is 11.3 Å². The first-order valence-electron chi connectivity index (χ1n) is 8.94. The van der Waals surface area contributed by atoms with Crippen molar-refractivity contribution in [2.75, 3.05) is 13.6 Å². The molecule has 0 saturated carbocycles. The summed E-state index contributed by atoms with van der Waals surface area (Å²) in [6.45, 7) is 14.1. The molecule has 0 fully saturated rings. The Bertz CT molecular complexity index is 734. The van der Waals surface area contributed by atoms with Crippen molar-refractivity contribution in [1.82, 2.24) is 20.6 Å². The Labute approximate surface area is 160 Å². The van der Waals surface area contributed by atoms with Gasteiger partial charge in [-0.05, 0) is 0 Å². The summed E-state index contributed by atoms with van der Waals surface area (Å²) in [5, 5.41) is 9.83. The lowest BCUT2D eigenvalue weighted by Gasteiger charge is -2.14. The molecule has 0 aliphatic carbocycles. The van der Waals surface area contributed by atoms with E-state index < -0.39 is 0 Å². The Morgan fingerprint density at radius 3 is 2.42 bits per heavy atom. The van der Waals surface area contributed by atoms with Crippen molar-refractivity contribution in [1.29, 1.82) is 0 Å². The lowest BCUT2D eigenvalue weighted by molar-refractivity contribution is 0.379. The highest BCUT2D eigenvalue weighted by atomic mass is 32.1. The third-order valence-corrected chi connectivity index (χ3v) is 4.78. The van der Waals surface area contributed by atoms with Gasteiger partial charge in [-0.3, -0.25) is 4.99 Å². The predicted molar refractivity (Wildman–Crippen MR) is 108 cm³/mol. The highest BCUT2D eigenvalue weighted by Crippen LogP contribution is 2.24. The summed E-state index contributed by atoms with van der Waals surface area (Å²) in [4.78, 5) is 13.3. The molecule has 0 radical (unpaired) electrons. The summed E-state index contributed by atoms with van der Waals surface area (Å²) >= 11 is 1.71. The Balaban J connectivity index is 1.79. The number of hydrogen-bond donors (Lipinski definition) is 2. The van der Waals surface area contributed by atoms with Crippen LogP contribution in [0.15, 0.2) is 21.0 Å². The van der Waals surface area contributed by atoms with Gasteiger partial charge < -0.3 is 15.1 Å². The minimum Gasteiger partial charge on any atom is -0.443 e. The zero-order valence-electron chi connectivity index (χ0n) is 16.9. The molecule has 0 atom stereocenters. The molecule has 26 heavy (non-hydrogen) atoms. The van der Waals surface area contributed by atoms with Crippen molar-refractivity contribution in [3.05, 3.63) is 33.9 Å². The number of guanidine groups is 1. The number of oxazole rings is 1. The van der Waals surface area contributed by atoms with Gasteiger partial charge >= 0.3 is 0 Å². The van der Waals surface area contributed by atoms with E-state index in [0.717, 1.165) is 35.4 Å². The van der Waals surface area contributed by atoms with Crippen molar-refractivity contribution >= 4 is 17.3 Å². The van der Waals surface area contributed by atoms with Crippen LogP contribution in [-0.2, 0) is 23.8 Å². The van der Waals surface area contributed by atoms with Crippen LogP contribution in [0.1, 0.15) is 63.9 Å². The molecule has 2 N–H and O–H groups in total. The first-order valence-corrected chi connectivity index (χ1v) is 9.82. The molecule has 2 rings (SSSR count). The summed E-state index contributed by atoms with van der Waals surface area (Å²) < 4.78 is 5.79. The third kappa shape index (κ3) is 5.83. The van der Waals surface area contributed by atoms with Crippen molar-refractivity contribution in [3.8, 4) is 0 Å². The molecule has 7 heteroatoms. The third-order valence-electron chi connectivity index (χ3n) is 3.87. The second-order valence-electron chi connectivity index (χ2n) is 8.35. The van der Waals surface area contributed by atoms with Gasteiger partial charge in [-0.1, -0.05) is 41.5 Å². The van der Waals surface area contributed by atoms with Crippen LogP contribution in [0.4, 0.5) is 0 Å². The van der Waals surface area contributed by atoms with E-state index in [1.807, 2.05) is 0 Å². The maximum absolute atomic E-state index is 5.79. The van der Waals surface area contributed by atoms with Crippen molar-refractivity contribution in [3.63, 3.8) is 0 Å². The van der Waals surface area contributed by atoms with Gasteiger partial charge in [0.2, 0.25) is 5.89 Å². The summed E-state index contributed by atoms with van der Waals surface area (Å²) in [5.41, 5.74) is 1.21. The number of nitrogens with one attached hydrogen (secondary N) is 2. The fourth-order valence-electron chi connectivity index (χ4n) is 2.18. The number of rotatable bonds is 5. The average Bonchev–Trinajstić information content (AvgIpc) is 3.18. The quantitative estimate of drug-likeness (QED) is 0.615. The standard InChI is InChI=1S/C19H31N5OS/c1-18(2,3)13-12-26-16(24-13)8-9-21-17(20-7)23-11-15-22-10-14(25-15)19(4,5)6/h10,12H,8-9,11H2,1-7H3,(H2,20,21,23). The molecule has 2 heterocycles. The number of aromatic nitrogens is 2. The minimum atomic E-state index is -0.0369. The van der Waals surface area contributed by atoms with Gasteiger partial charge in [0.05, 0.1) is 23.4 Å². The molecular formula is C19H31N5OS. The lowest BCUT2D eigenvalue weighted by atomic mass is 9.93. The molecule has 0 saturated heterocycles. The summed E-state index contributed by atoms with van der Waals surface area (Å²) in [7, 11) is 1.76. The molecule has 0 spiro atoms. The van der Waals surface area contributed by atoms with Crippen LogP contribution in [0.5, 0.6) is 0 Å². The molecule has 2 aromatic heterocycles. The van der Waals surface area contributed by atoms with Gasteiger partial charge in [0.15, 0.2) is 5.96 Å². The SMILES string of the molecule is CN=C(NCCc1nc(C(C)(C)C)cs1)NCc1ncc(C(C)(C)C)o1. The van der Waals surface area contributed by atoms with E-state index in [4.69, 9.17) is 9.40 Å². The smallest absolute Gasteiger partial charge is 0.213 e. The van der Waals surface area contributed by atoms with E-state index in [2.05, 4.69) is 67.5 Å². The summed E-state index contributed by atoms with van der Waals surface area (Å²) in [6.07, 6.45) is 2.66. The van der Waals surface area contributed by atoms with Crippen molar-refractivity contribution in [2.24, 2.45) is 4.99 Å². The topological polar surface area (TPSA) is 75.3 Å². The summed E-state index contributed by atoms with van der Waals surface area (Å²) in [6, 6.07) is 0. The van der Waals surface area contributed by atoms with E-state index in [1.165, 1.54) is 0 Å². The highest BCUT2D eigenvalue weighted by Gasteiger charge is 2.19. The van der Waals surface area contributed by atoms with Crippen LogP contribution in [0.3, 0.4) is 0 Å². The average molecular weight is 378 g/mol. The van der Waals surface area contributed by atoms with Gasteiger partial charge in [0.25, 0.3) is 0 Å². The van der Waals surface area contributed by atoms with Gasteiger partial charge in [-0.15, -0.1) is 11.3 Å². The second-order valence-corrected chi connectivity index (χ2v) is 9.29. The zero-order chi connectivity index (χ0) is 19.4. The minimum absolute atomic E-state index is 0.0369. The Morgan fingerprint density at radius 1 is 1.15 bits per heavy atom. The fraction of sp³-hybridized carbons (Fsp3) is 0.632. The van der Waals surface area contributed by atoms with E-state index in [9.17, 15) is 0 Å². The molecule has 0 unspecified atom stereocenters. The number of aliphatic imine (C=N–C) groups is 1. The van der Waals surface area contributed by atoms with E-state index in [1.54, 1.807) is 24.6 Å². The van der Waals surface area contributed by atoms with Crippen molar-refractivity contribution in [2.45, 2.75) is 65.3 Å². The molecule has 2 aromatic rings. The van der Waals surface area contributed by atoms with E-state index >= 15 is 0 Å². The van der Waals surface area contributed by atoms with E-state index in [0.29, 0.717) is 12.4 Å². The molecule has 0 aliphatic rings. The molecule has 0 aromatic carbocycles. The predicted octanol–water partition coefficient (Wildman–Crippen LogP) is 3.63. The van der Waals surface area contributed by atoms with Gasteiger partial charge in [0, 0.05) is 36.2 Å². The second kappa shape index (κ2) is 8.20. The van der Waals surface area contributed by atoms with Gasteiger partial charge in [-0.2, -0.15) is 0 Å². The van der Waals surface area contributed by atoms with Crippen LogP contribution in [0.25, 0.3) is 0 Å². The first-order chi connectivity index (χ1) is 12.1. The summed E-state index contributed by atoms with van der Waals surface area (Å²) in [5.74, 6) is 2.27. The number of nitrogens with zero attached hydrogens (tertiary/aromatic N) is 3. The Hall–Kier alpha value is -1.89. The van der Waals surface area contributed by atoms with Gasteiger partial charge in [0.1, 0.15) is 5.76 Å². The van der Waals surface area contributed by atoms with Crippen LogP contribution in [0, 0.1) is 0 Å². The van der Waals surface area contributed by atoms with Crippen LogP contribution < -0.4 is 10.6 Å². The number of thiazole rings is 1. The molecule has 6 nitrogen and oxygen atoms in total. The van der Waals surface area contributed by atoms with Gasteiger partial charge in [-0.25, -0.2) is 9.97 Å². The largest absolute Gasteiger partial charge is 0.443 e. The van der Waals surface area contributed by atoms with Crippen LogP contribution in [0.2, 0.25) is 0 Å². The maximum Gasteiger partial charge on any atom is 0.213 e. The molecular weight excluding hydrogens is 346 g/mol. The fourth-order valence-corrected chi connectivity index (χ4v) is 3.20. The Morgan fingerprint density at radius 2 is 1.88 bits per heavy atom. The normalized spacial score (nSPS) is 13.1. The van der Waals surface area contributed by atoms with Crippen molar-refractivity contribution < 1.29 is 4.42 Å². The molecule has 0 aliphatic heterocycles. The molecule has 0 bridgehead atoms. The van der Waals surface area contributed by atoms with Crippen LogP contribution in [-0.4, -0.2) is 29.5 Å². The Kier molecular flexibility index (Phi) is 6.44. The first kappa shape index (κ1) is 20.4.